The fourth-order valence-corrected chi connectivity index (χ4v) is 9.22. The van der Waals surface area contributed by atoms with Gasteiger partial charge in [0, 0.05) is 38.7 Å². The molecule has 0 saturated carbocycles. The number of benzene rings is 6. The highest BCUT2D eigenvalue weighted by molar-refractivity contribution is 6.63. The minimum absolute atomic E-state index is 0.0352. The Hall–Kier alpha value is -5.44. The van der Waals surface area contributed by atoms with E-state index in [9.17, 15) is 4.79 Å². The molecule has 0 unspecified atom stereocenters. The molecule has 3 aliphatic rings. The van der Waals surface area contributed by atoms with Crippen LogP contribution >= 0.6 is 0 Å². The van der Waals surface area contributed by atoms with Crippen molar-refractivity contribution in [3.8, 4) is 5.69 Å². The van der Waals surface area contributed by atoms with Gasteiger partial charge in [-0.3, -0.25) is 4.79 Å². The van der Waals surface area contributed by atoms with E-state index in [2.05, 4.69) is 176 Å². The largest absolute Gasteiger partial charge is 0.494 e. The molecule has 2 saturated heterocycles. The van der Waals surface area contributed by atoms with Crippen molar-refractivity contribution in [2.24, 2.45) is 0 Å². The molecule has 306 valence electrons. The molecule has 61 heavy (non-hydrogen) atoms. The summed E-state index contributed by atoms with van der Waals surface area (Å²) in [6.07, 6.45) is 0. The van der Waals surface area contributed by atoms with Gasteiger partial charge in [0.05, 0.1) is 44.8 Å². The van der Waals surface area contributed by atoms with Gasteiger partial charge in [-0.1, -0.05) is 74.5 Å². The maximum Gasteiger partial charge on any atom is 0.494 e. The van der Waals surface area contributed by atoms with Crippen LogP contribution in [0, 0.1) is 0 Å². The van der Waals surface area contributed by atoms with E-state index >= 15 is 0 Å². The fourth-order valence-electron chi connectivity index (χ4n) is 9.22. The number of rotatable bonds is 6. The molecule has 0 bridgehead atoms. The van der Waals surface area contributed by atoms with Crippen molar-refractivity contribution < 1.29 is 23.4 Å². The first-order valence-electron chi connectivity index (χ1n) is 21.4. The number of hydrogen-bond donors (Lipinski definition) is 0. The molecule has 0 spiro atoms. The Kier molecular flexibility index (Phi) is 8.80. The van der Waals surface area contributed by atoms with Crippen LogP contribution in [0.5, 0.6) is 0 Å². The lowest BCUT2D eigenvalue weighted by atomic mass is 9.73. The van der Waals surface area contributed by atoms with Crippen LogP contribution in [0.2, 0.25) is 0 Å². The molecule has 0 atom stereocenters. The summed E-state index contributed by atoms with van der Waals surface area (Å²) in [6, 6.07) is 46.0. The summed E-state index contributed by atoms with van der Waals surface area (Å²) in [4.78, 5) is 16.5. The monoisotopic (exact) mass is 806 g/mol. The second kappa shape index (κ2) is 13.5. The number of nitrogens with zero attached hydrogens (tertiary/aromatic N) is 2. The number of para-hydroxylation sites is 2. The summed E-state index contributed by atoms with van der Waals surface area (Å²) in [7, 11) is -1.03. The highest BCUT2D eigenvalue weighted by Crippen LogP contribution is 2.51. The summed E-state index contributed by atoms with van der Waals surface area (Å²) < 4.78 is 28.3. The number of hydrogen-bond acceptors (Lipinski definition) is 6. The first-order chi connectivity index (χ1) is 28.9. The third-order valence-electron chi connectivity index (χ3n) is 14.3. The third-order valence-corrected chi connectivity index (χ3v) is 14.3. The van der Waals surface area contributed by atoms with Gasteiger partial charge in [-0.05, 0) is 150 Å². The zero-order valence-electron chi connectivity index (χ0n) is 36.8. The van der Waals surface area contributed by atoms with Crippen molar-refractivity contribution in [1.29, 1.82) is 0 Å². The number of carbonyl (C=O) groups is 1. The van der Waals surface area contributed by atoms with Crippen LogP contribution in [0.1, 0.15) is 96.3 Å². The predicted molar refractivity (Wildman–Crippen MR) is 249 cm³/mol. The van der Waals surface area contributed by atoms with E-state index in [1.54, 1.807) is 0 Å². The molecule has 3 aliphatic heterocycles. The highest BCUT2D eigenvalue weighted by atomic mass is 16.7. The van der Waals surface area contributed by atoms with Crippen molar-refractivity contribution >= 4 is 69.8 Å². The third kappa shape index (κ3) is 6.15. The second-order valence-corrected chi connectivity index (χ2v) is 19.5. The SMILES string of the molecule is CC1(C)c2ccccc2N(c2ccc(C(=O)c3ccc(-n4c5cc(B6OC(C)(C)C(C)(C)O6)ccc5c5ccc(B6OC(C)(C)C(C)(C)O6)cc54)cc3)cc2)c2ccccc21. The quantitative estimate of drug-likeness (QED) is 0.123. The Morgan fingerprint density at radius 3 is 1.25 bits per heavy atom. The van der Waals surface area contributed by atoms with Gasteiger partial charge in [-0.2, -0.15) is 0 Å². The number of fused-ring (bicyclic) bond motifs is 5. The summed E-state index contributed by atoms with van der Waals surface area (Å²) in [6.45, 7) is 21.2. The summed E-state index contributed by atoms with van der Waals surface area (Å²) in [5.41, 5.74) is 9.89. The first-order valence-corrected chi connectivity index (χ1v) is 21.4. The second-order valence-electron chi connectivity index (χ2n) is 19.5. The summed E-state index contributed by atoms with van der Waals surface area (Å²) in [5.74, 6) is -0.0352. The average Bonchev–Trinajstić information content (AvgIpc) is 3.76. The maximum atomic E-state index is 14.2. The Morgan fingerprint density at radius 1 is 0.459 bits per heavy atom. The minimum atomic E-state index is -0.515. The molecule has 1 aromatic heterocycles. The molecule has 7 aromatic rings. The van der Waals surface area contributed by atoms with E-state index in [0.717, 1.165) is 55.5 Å². The fraction of sp³-hybridized carbons (Fsp3) is 0.288. The molecule has 9 heteroatoms. The average molecular weight is 807 g/mol. The number of carbonyl (C=O) groups excluding carboxylic acids is 1. The van der Waals surface area contributed by atoms with Crippen LogP contribution in [-0.4, -0.2) is 47.0 Å². The summed E-state index contributed by atoms with van der Waals surface area (Å²) in [5, 5.41) is 2.19. The highest BCUT2D eigenvalue weighted by Gasteiger charge is 2.53. The summed E-state index contributed by atoms with van der Waals surface area (Å²) >= 11 is 0. The minimum Gasteiger partial charge on any atom is -0.399 e. The van der Waals surface area contributed by atoms with Crippen molar-refractivity contribution in [2.45, 2.75) is 97.1 Å². The van der Waals surface area contributed by atoms with Gasteiger partial charge in [0.2, 0.25) is 0 Å². The van der Waals surface area contributed by atoms with Crippen LogP contribution < -0.4 is 15.8 Å². The Morgan fingerprint density at radius 2 is 0.836 bits per heavy atom. The first kappa shape index (κ1) is 39.7. The van der Waals surface area contributed by atoms with E-state index in [0.29, 0.717) is 11.1 Å². The van der Waals surface area contributed by atoms with E-state index in [4.69, 9.17) is 18.6 Å². The van der Waals surface area contributed by atoms with Crippen molar-refractivity contribution in [3.63, 3.8) is 0 Å². The molecule has 0 amide bonds. The lowest BCUT2D eigenvalue weighted by molar-refractivity contribution is 0.00578. The number of ketones is 1. The van der Waals surface area contributed by atoms with Gasteiger partial charge in [0.15, 0.2) is 5.78 Å². The molecule has 0 radical (unpaired) electrons. The standard InChI is InChI=1S/C52H52B2N2O5/c1-48(2)41-15-11-13-17-43(41)55(44-18-14-12-16-42(44)48)37-25-19-33(20-26-37)47(57)34-21-27-38(28-22-34)56-45-31-35(53-58-49(3,4)50(5,6)59-53)23-29-39(45)40-30-24-36(32-46(40)56)54-60-51(7,8)52(9,10)61-54/h11-32H,1-10H3. The zero-order valence-corrected chi connectivity index (χ0v) is 36.8. The van der Waals surface area contributed by atoms with Crippen molar-refractivity contribution in [3.05, 3.63) is 156 Å². The van der Waals surface area contributed by atoms with Crippen molar-refractivity contribution in [2.75, 3.05) is 4.90 Å². The molecule has 10 rings (SSSR count). The van der Waals surface area contributed by atoms with Gasteiger partial charge >= 0.3 is 14.2 Å². The van der Waals surface area contributed by atoms with Crippen LogP contribution in [0.25, 0.3) is 27.5 Å². The smallest absolute Gasteiger partial charge is 0.399 e. The maximum absolute atomic E-state index is 14.2. The van der Waals surface area contributed by atoms with Gasteiger partial charge in [-0.25, -0.2) is 0 Å². The van der Waals surface area contributed by atoms with Crippen LogP contribution in [0.4, 0.5) is 17.1 Å². The van der Waals surface area contributed by atoms with E-state index in [1.807, 2.05) is 36.4 Å². The lowest BCUT2D eigenvalue weighted by Crippen LogP contribution is -2.41. The van der Waals surface area contributed by atoms with Gasteiger partial charge < -0.3 is 28.1 Å². The Bertz CT molecular complexity index is 2720. The topological polar surface area (TPSA) is 62.2 Å². The van der Waals surface area contributed by atoms with Crippen LogP contribution in [0.3, 0.4) is 0 Å². The molecular weight excluding hydrogens is 754 g/mol. The van der Waals surface area contributed by atoms with E-state index in [-0.39, 0.29) is 11.2 Å². The molecule has 6 aromatic carbocycles. The van der Waals surface area contributed by atoms with Crippen LogP contribution in [-0.2, 0) is 24.0 Å². The molecule has 0 aliphatic carbocycles. The molecule has 0 N–H and O–H groups in total. The zero-order chi connectivity index (χ0) is 42.9. The Balaban J connectivity index is 1.01. The van der Waals surface area contributed by atoms with Gasteiger partial charge in [0.1, 0.15) is 0 Å². The van der Waals surface area contributed by atoms with Crippen LogP contribution in [0.15, 0.2) is 133 Å². The van der Waals surface area contributed by atoms with Gasteiger partial charge in [-0.15, -0.1) is 0 Å². The molecule has 2 fully saturated rings. The predicted octanol–water partition coefficient (Wildman–Crippen LogP) is 10.7. The molecular formula is C52H52B2N2O5. The lowest BCUT2D eigenvalue weighted by Gasteiger charge is -2.42. The van der Waals surface area contributed by atoms with Gasteiger partial charge in [0.25, 0.3) is 0 Å². The number of anilines is 3. The van der Waals surface area contributed by atoms with E-state index in [1.165, 1.54) is 11.1 Å². The van der Waals surface area contributed by atoms with Crippen molar-refractivity contribution in [1.82, 2.24) is 4.57 Å². The molecule has 4 heterocycles. The van der Waals surface area contributed by atoms with E-state index < -0.39 is 36.6 Å². The molecule has 7 nitrogen and oxygen atoms in total. The Labute approximate surface area is 359 Å². The number of aromatic nitrogens is 1. The normalized spacial score (nSPS) is 19.3.